The number of hydrogen-bond acceptors (Lipinski definition) is 3. The summed E-state index contributed by atoms with van der Waals surface area (Å²) >= 11 is 9.12. The molecular weight excluding hydrogens is 376 g/mol. The monoisotopic (exact) mass is 388 g/mol. The molecule has 7 heteroatoms. The summed E-state index contributed by atoms with van der Waals surface area (Å²) in [4.78, 5) is 3.85. The van der Waals surface area contributed by atoms with Gasteiger partial charge in [-0.15, -0.1) is 0 Å². The van der Waals surface area contributed by atoms with E-state index >= 15 is 0 Å². The number of pyridine rings is 1. The van der Waals surface area contributed by atoms with E-state index in [0.717, 1.165) is 11.1 Å². The SMILES string of the molecule is Cc1ccc(CN(C)S(=O)(=O)c2cc(Br)cnc2Cl)cc1. The molecule has 4 nitrogen and oxygen atoms in total. The molecule has 0 unspecified atom stereocenters. The van der Waals surface area contributed by atoms with E-state index in [0.29, 0.717) is 4.47 Å². The maximum Gasteiger partial charge on any atom is 0.246 e. The van der Waals surface area contributed by atoms with E-state index in [2.05, 4.69) is 20.9 Å². The van der Waals surface area contributed by atoms with Crippen LogP contribution in [0.5, 0.6) is 0 Å². The molecule has 112 valence electrons. The summed E-state index contributed by atoms with van der Waals surface area (Å²) < 4.78 is 26.9. The van der Waals surface area contributed by atoms with Crippen molar-refractivity contribution >= 4 is 37.6 Å². The number of aromatic nitrogens is 1. The second-order valence-corrected chi connectivity index (χ2v) is 7.98. The Morgan fingerprint density at radius 2 is 1.90 bits per heavy atom. The summed E-state index contributed by atoms with van der Waals surface area (Å²) in [7, 11) is -2.17. The van der Waals surface area contributed by atoms with Gasteiger partial charge in [0.25, 0.3) is 0 Å². The second kappa shape index (κ2) is 6.44. The molecule has 0 aliphatic carbocycles. The maximum atomic E-state index is 12.6. The van der Waals surface area contributed by atoms with Crippen molar-refractivity contribution in [1.82, 2.24) is 9.29 Å². The van der Waals surface area contributed by atoms with Crippen LogP contribution in [0, 0.1) is 6.92 Å². The van der Waals surface area contributed by atoms with Gasteiger partial charge in [-0.1, -0.05) is 41.4 Å². The second-order valence-electron chi connectivity index (χ2n) is 4.69. The Hall–Kier alpha value is -0.950. The number of benzene rings is 1. The fourth-order valence-corrected chi connectivity index (χ4v) is 3.86. The Balaban J connectivity index is 2.30. The van der Waals surface area contributed by atoms with Crippen molar-refractivity contribution in [2.45, 2.75) is 18.4 Å². The zero-order valence-corrected chi connectivity index (χ0v) is 14.7. The largest absolute Gasteiger partial charge is 0.246 e. The highest BCUT2D eigenvalue weighted by Gasteiger charge is 2.24. The van der Waals surface area contributed by atoms with Crippen molar-refractivity contribution in [2.75, 3.05) is 7.05 Å². The third-order valence-electron chi connectivity index (χ3n) is 2.99. The third-order valence-corrected chi connectivity index (χ3v) is 5.65. The first-order valence-electron chi connectivity index (χ1n) is 6.13. The maximum absolute atomic E-state index is 12.6. The number of nitrogens with zero attached hydrogens (tertiary/aromatic N) is 2. The van der Waals surface area contributed by atoms with Crippen LogP contribution in [0.25, 0.3) is 0 Å². The summed E-state index contributed by atoms with van der Waals surface area (Å²) in [6, 6.07) is 9.16. The van der Waals surface area contributed by atoms with Crippen LogP contribution in [0.2, 0.25) is 5.15 Å². The highest BCUT2D eigenvalue weighted by atomic mass is 79.9. The topological polar surface area (TPSA) is 50.3 Å². The quantitative estimate of drug-likeness (QED) is 0.750. The molecule has 0 aliphatic heterocycles. The number of halogens is 2. The predicted octanol–water partition coefficient (Wildman–Crippen LogP) is 3.63. The lowest BCUT2D eigenvalue weighted by Crippen LogP contribution is -2.27. The van der Waals surface area contributed by atoms with E-state index in [1.54, 1.807) is 0 Å². The summed E-state index contributed by atoms with van der Waals surface area (Å²) in [5, 5.41) is -0.0334. The minimum atomic E-state index is -3.69. The highest BCUT2D eigenvalue weighted by molar-refractivity contribution is 9.10. The van der Waals surface area contributed by atoms with Crippen LogP contribution in [-0.2, 0) is 16.6 Å². The molecule has 0 fully saturated rings. The Bertz CT molecular complexity index is 748. The van der Waals surface area contributed by atoms with E-state index in [1.165, 1.54) is 23.6 Å². The molecule has 0 saturated carbocycles. The average Bonchev–Trinajstić information content (AvgIpc) is 2.43. The molecule has 2 rings (SSSR count). The van der Waals surface area contributed by atoms with Gasteiger partial charge in [-0.2, -0.15) is 4.31 Å². The Kier molecular flexibility index (Phi) is 5.03. The Labute approximate surface area is 137 Å². The van der Waals surface area contributed by atoms with Gasteiger partial charge >= 0.3 is 0 Å². The van der Waals surface area contributed by atoms with Gasteiger partial charge in [0.2, 0.25) is 10.0 Å². The average molecular weight is 390 g/mol. The standard InChI is InChI=1S/C14H14BrClN2O2S/c1-10-3-5-11(6-4-10)9-18(2)21(19,20)13-7-12(15)8-17-14(13)16/h3-8H,9H2,1-2H3. The fraction of sp³-hybridized carbons (Fsp3) is 0.214. The molecule has 21 heavy (non-hydrogen) atoms. The van der Waals surface area contributed by atoms with Crippen molar-refractivity contribution in [3.05, 3.63) is 57.3 Å². The minimum absolute atomic E-state index is 0.00634. The van der Waals surface area contributed by atoms with Gasteiger partial charge in [0.05, 0.1) is 0 Å². The van der Waals surface area contributed by atoms with Gasteiger partial charge in [0.1, 0.15) is 10.0 Å². The highest BCUT2D eigenvalue weighted by Crippen LogP contribution is 2.26. The van der Waals surface area contributed by atoms with E-state index in [4.69, 9.17) is 11.6 Å². The van der Waals surface area contributed by atoms with Crippen LogP contribution in [0.1, 0.15) is 11.1 Å². The van der Waals surface area contributed by atoms with Crippen LogP contribution < -0.4 is 0 Å². The molecular formula is C14H14BrClN2O2S. The minimum Gasteiger partial charge on any atom is -0.242 e. The molecule has 0 saturated heterocycles. The fourth-order valence-electron chi connectivity index (χ4n) is 1.79. The van der Waals surface area contributed by atoms with Gasteiger partial charge in [-0.3, -0.25) is 0 Å². The molecule has 1 aromatic heterocycles. The van der Waals surface area contributed by atoms with Gasteiger partial charge in [-0.05, 0) is 34.5 Å². The smallest absolute Gasteiger partial charge is 0.242 e. The number of hydrogen-bond donors (Lipinski definition) is 0. The zero-order valence-electron chi connectivity index (χ0n) is 11.5. The van der Waals surface area contributed by atoms with Crippen molar-refractivity contribution in [3.63, 3.8) is 0 Å². The zero-order chi connectivity index (χ0) is 15.6. The Morgan fingerprint density at radius 1 is 1.29 bits per heavy atom. The normalized spacial score (nSPS) is 11.9. The molecule has 0 spiro atoms. The first-order valence-corrected chi connectivity index (χ1v) is 8.75. The third kappa shape index (κ3) is 3.83. The van der Waals surface area contributed by atoms with Crippen molar-refractivity contribution in [1.29, 1.82) is 0 Å². The van der Waals surface area contributed by atoms with E-state index in [-0.39, 0.29) is 16.6 Å². The molecule has 0 amide bonds. The summed E-state index contributed by atoms with van der Waals surface area (Å²) in [6.45, 7) is 2.25. The molecule has 2 aromatic rings. The molecule has 0 aliphatic rings. The molecule has 0 radical (unpaired) electrons. The lowest BCUT2D eigenvalue weighted by molar-refractivity contribution is 0.466. The lowest BCUT2D eigenvalue weighted by Gasteiger charge is -2.18. The van der Waals surface area contributed by atoms with Gasteiger partial charge in [0.15, 0.2) is 0 Å². The molecule has 1 aromatic carbocycles. The molecule has 1 heterocycles. The van der Waals surface area contributed by atoms with Crippen LogP contribution >= 0.6 is 27.5 Å². The van der Waals surface area contributed by atoms with E-state index in [9.17, 15) is 8.42 Å². The molecule has 0 N–H and O–H groups in total. The van der Waals surface area contributed by atoms with Crippen molar-refractivity contribution in [3.8, 4) is 0 Å². The summed E-state index contributed by atoms with van der Waals surface area (Å²) in [5.41, 5.74) is 2.04. The van der Waals surface area contributed by atoms with E-state index < -0.39 is 10.0 Å². The number of sulfonamides is 1. The van der Waals surface area contributed by atoms with E-state index in [1.807, 2.05) is 31.2 Å². The number of aryl methyl sites for hydroxylation is 1. The molecule has 0 bridgehead atoms. The molecule has 0 atom stereocenters. The van der Waals surface area contributed by atoms with Crippen molar-refractivity contribution < 1.29 is 8.42 Å². The van der Waals surface area contributed by atoms with Gasteiger partial charge < -0.3 is 0 Å². The lowest BCUT2D eigenvalue weighted by atomic mass is 10.1. The Morgan fingerprint density at radius 3 is 2.52 bits per heavy atom. The van der Waals surface area contributed by atoms with Crippen molar-refractivity contribution in [2.24, 2.45) is 0 Å². The summed E-state index contributed by atoms with van der Waals surface area (Å²) in [5.74, 6) is 0. The van der Waals surface area contributed by atoms with Crippen LogP contribution in [0.4, 0.5) is 0 Å². The van der Waals surface area contributed by atoms with Crippen LogP contribution in [0.15, 0.2) is 45.9 Å². The first kappa shape index (κ1) is 16.4. The number of rotatable bonds is 4. The van der Waals surface area contributed by atoms with Crippen LogP contribution in [-0.4, -0.2) is 24.8 Å². The van der Waals surface area contributed by atoms with Gasteiger partial charge in [0, 0.05) is 24.3 Å². The van der Waals surface area contributed by atoms with Gasteiger partial charge in [-0.25, -0.2) is 13.4 Å². The summed E-state index contributed by atoms with van der Waals surface area (Å²) in [6.07, 6.45) is 1.46. The predicted molar refractivity (Wildman–Crippen MR) is 86.8 cm³/mol. The first-order chi connectivity index (χ1) is 9.80. The van der Waals surface area contributed by atoms with Crippen LogP contribution in [0.3, 0.4) is 0 Å².